The molecule has 0 fully saturated rings. The van der Waals surface area contributed by atoms with Crippen LogP contribution in [0.4, 0.5) is 0 Å². The fourth-order valence-corrected chi connectivity index (χ4v) is 12.6. The van der Waals surface area contributed by atoms with E-state index in [9.17, 15) is 0 Å². The molecule has 79 heavy (non-hydrogen) atoms. The summed E-state index contributed by atoms with van der Waals surface area (Å²) < 4.78 is 3.48. The first kappa shape index (κ1) is 47.8. The van der Waals surface area contributed by atoms with Crippen LogP contribution in [0.2, 0.25) is 0 Å². The molecule has 16 rings (SSSR count). The van der Waals surface area contributed by atoms with Crippen LogP contribution in [0.15, 0.2) is 308 Å². The molecule has 0 bridgehead atoms. The van der Waals surface area contributed by atoms with E-state index in [0.29, 0.717) is 0 Å². The molecule has 0 atom stereocenters. The summed E-state index contributed by atoms with van der Waals surface area (Å²) in [6.45, 7) is 0. The van der Waals surface area contributed by atoms with E-state index in [1.54, 1.807) is 0 Å². The third kappa shape index (κ3) is 8.68. The molecule has 0 saturated carbocycles. The van der Waals surface area contributed by atoms with Crippen LogP contribution in [0, 0.1) is 0 Å². The number of hydrogen-bond donors (Lipinski definition) is 0. The number of aromatic nitrogens is 1. The van der Waals surface area contributed by atoms with Crippen molar-refractivity contribution in [1.29, 1.82) is 0 Å². The maximum Gasteiger partial charge on any atom is 0.0541 e. The van der Waals surface area contributed by atoms with E-state index in [4.69, 9.17) is 0 Å². The Hall–Kier alpha value is -9.60. The Kier molecular flexibility index (Phi) is 12.6. The monoisotopic (exact) mass is 1070 g/mol. The molecule has 15 aromatic rings. The van der Waals surface area contributed by atoms with Gasteiger partial charge in [-0.05, 0) is 153 Å². The highest BCUT2D eigenvalue weighted by Crippen LogP contribution is 2.46. The van der Waals surface area contributed by atoms with Gasteiger partial charge in [0.25, 0.3) is 0 Å². The minimum atomic E-state index is 1.10. The van der Waals surface area contributed by atoms with Gasteiger partial charge in [-0.3, -0.25) is 0 Å². The molecule has 1 aliphatic carbocycles. The number of benzene rings is 14. The summed E-state index contributed by atoms with van der Waals surface area (Å²) in [4.78, 5) is 0. The molecule has 0 aliphatic heterocycles. The molecule has 1 heterocycles. The van der Waals surface area contributed by atoms with Crippen LogP contribution < -0.4 is 0 Å². The lowest BCUT2D eigenvalue weighted by molar-refractivity contribution is 1.18. The summed E-state index contributed by atoms with van der Waals surface area (Å²) in [5.41, 5.74) is 19.6. The predicted octanol–water partition coefficient (Wildman–Crippen LogP) is 21.8. The second kappa shape index (κ2) is 20.7. The first-order chi connectivity index (χ1) is 39.2. The smallest absolute Gasteiger partial charge is 0.0541 e. The van der Waals surface area contributed by atoms with Gasteiger partial charge in [0.1, 0.15) is 0 Å². The molecule has 1 nitrogen and oxygen atoms in total. The van der Waals surface area contributed by atoms with E-state index in [0.717, 1.165) is 10.9 Å². The molecule has 1 aliphatic rings. The molecule has 0 unspecified atom stereocenters. The fraction of sp³-hybridized carbons (Fsp3) is 0.0130. The largest absolute Gasteiger partial charge is 0.309 e. The Balaban J connectivity index is 0.000000121. The van der Waals surface area contributed by atoms with Gasteiger partial charge >= 0.3 is 0 Å². The molecular formula is C77H52BrN. The SMILES string of the molecule is Brc1ccc(-c2c3ccccc3c(-c3ccccc3)c3ccccc23)cc1.c1ccc(-c2c3ccccc3c(-c3ccc(-n4c5ccccc5c5ccccc54)cc3)c3ccccc23)cc1.c1ccc2c(c1)Cc1ccccc1-2. The topological polar surface area (TPSA) is 4.93 Å². The number of halogens is 1. The molecule has 0 N–H and O–H groups in total. The molecule has 1 aromatic heterocycles. The van der Waals surface area contributed by atoms with Crippen molar-refractivity contribution >= 4 is 80.8 Å². The first-order valence-electron chi connectivity index (χ1n) is 27.1. The maximum atomic E-state index is 3.56. The highest BCUT2D eigenvalue weighted by Gasteiger charge is 2.20. The van der Waals surface area contributed by atoms with Gasteiger partial charge < -0.3 is 4.57 Å². The Morgan fingerprint density at radius 2 is 0.494 bits per heavy atom. The quantitative estimate of drug-likeness (QED) is 0.151. The molecule has 0 spiro atoms. The molecule has 14 aromatic carbocycles. The minimum Gasteiger partial charge on any atom is -0.309 e. The van der Waals surface area contributed by atoms with E-state index >= 15 is 0 Å². The number of para-hydroxylation sites is 2. The molecule has 372 valence electrons. The number of nitrogens with zero attached hydrogens (tertiary/aromatic N) is 1. The van der Waals surface area contributed by atoms with Crippen molar-refractivity contribution in [2.45, 2.75) is 6.42 Å². The van der Waals surface area contributed by atoms with Gasteiger partial charge in [-0.25, -0.2) is 0 Å². The molecule has 0 saturated heterocycles. The van der Waals surface area contributed by atoms with E-state index in [1.165, 1.54) is 137 Å². The highest BCUT2D eigenvalue weighted by molar-refractivity contribution is 9.10. The van der Waals surface area contributed by atoms with Crippen molar-refractivity contribution in [3.8, 4) is 61.3 Å². The van der Waals surface area contributed by atoms with Crippen molar-refractivity contribution in [3.05, 3.63) is 319 Å². The Labute approximate surface area is 469 Å². The lowest BCUT2D eigenvalue weighted by Gasteiger charge is -2.18. The van der Waals surface area contributed by atoms with E-state index in [2.05, 4.69) is 324 Å². The van der Waals surface area contributed by atoms with Gasteiger partial charge in [0.15, 0.2) is 0 Å². The molecule has 0 radical (unpaired) electrons. The third-order valence-corrected chi connectivity index (χ3v) is 16.3. The average molecular weight is 1070 g/mol. The Morgan fingerprint density at radius 3 is 0.848 bits per heavy atom. The van der Waals surface area contributed by atoms with E-state index in [-0.39, 0.29) is 0 Å². The molecular weight excluding hydrogens is 1020 g/mol. The molecule has 0 amide bonds. The van der Waals surface area contributed by atoms with E-state index < -0.39 is 0 Å². The number of rotatable bonds is 5. The van der Waals surface area contributed by atoms with Crippen molar-refractivity contribution < 1.29 is 0 Å². The highest BCUT2D eigenvalue weighted by atomic mass is 79.9. The zero-order valence-corrected chi connectivity index (χ0v) is 45.0. The summed E-state index contributed by atoms with van der Waals surface area (Å²) in [6.07, 6.45) is 1.10. The van der Waals surface area contributed by atoms with Crippen LogP contribution >= 0.6 is 15.9 Å². The van der Waals surface area contributed by atoms with Crippen LogP contribution in [-0.4, -0.2) is 4.57 Å². The van der Waals surface area contributed by atoms with Gasteiger partial charge in [0, 0.05) is 20.9 Å². The molecule has 2 heteroatoms. The van der Waals surface area contributed by atoms with Gasteiger partial charge in [0.2, 0.25) is 0 Å². The van der Waals surface area contributed by atoms with Gasteiger partial charge in [-0.2, -0.15) is 0 Å². The summed E-state index contributed by atoms with van der Waals surface area (Å²) in [5.74, 6) is 0. The van der Waals surface area contributed by atoms with Crippen molar-refractivity contribution in [3.63, 3.8) is 0 Å². The summed E-state index contributed by atoms with van der Waals surface area (Å²) in [5, 5.41) is 12.8. The van der Waals surface area contributed by atoms with Crippen molar-refractivity contribution in [2.75, 3.05) is 0 Å². The lowest BCUT2D eigenvalue weighted by Crippen LogP contribution is -1.94. The average Bonchev–Trinajstić information content (AvgIpc) is 4.17. The van der Waals surface area contributed by atoms with Crippen LogP contribution in [0.25, 0.3) is 126 Å². The number of fused-ring (bicyclic) bond motifs is 10. The van der Waals surface area contributed by atoms with Gasteiger partial charge in [0.05, 0.1) is 11.0 Å². The van der Waals surface area contributed by atoms with Crippen LogP contribution in [0.3, 0.4) is 0 Å². The van der Waals surface area contributed by atoms with Crippen molar-refractivity contribution in [1.82, 2.24) is 4.57 Å². The standard InChI is InChI=1S/C38H25N.C26H17Br.C13H10/c1-2-12-26(13-3-1)37-31-16-4-6-18-33(31)38(34-19-7-5-17-32(34)37)27-22-24-28(25-23-27)39-35-20-10-8-14-29(35)30-15-9-11-21-36(30)39;27-20-16-14-19(15-17-20)26-23-12-6-4-10-21(23)25(18-8-2-1-3-9-18)22-11-5-7-13-24(22)26;1-3-7-12-10(5-1)9-11-6-2-4-8-13(11)12/h1-25H;1-17H;1-8H,9H2. The van der Waals surface area contributed by atoms with Crippen LogP contribution in [0.1, 0.15) is 11.1 Å². The van der Waals surface area contributed by atoms with Gasteiger partial charge in [-0.1, -0.05) is 283 Å². The maximum absolute atomic E-state index is 3.56. The second-order valence-corrected chi connectivity index (χ2v) is 21.2. The van der Waals surface area contributed by atoms with Crippen LogP contribution in [-0.2, 0) is 6.42 Å². The Morgan fingerprint density at radius 1 is 0.228 bits per heavy atom. The fourth-order valence-electron chi connectivity index (χ4n) is 12.4. The zero-order valence-electron chi connectivity index (χ0n) is 43.4. The predicted molar refractivity (Wildman–Crippen MR) is 341 cm³/mol. The van der Waals surface area contributed by atoms with E-state index in [1.807, 2.05) is 0 Å². The Bertz CT molecular complexity index is 4520. The van der Waals surface area contributed by atoms with Gasteiger partial charge in [-0.15, -0.1) is 0 Å². The summed E-state index contributed by atoms with van der Waals surface area (Å²) >= 11 is 3.56. The minimum absolute atomic E-state index is 1.10. The lowest BCUT2D eigenvalue weighted by atomic mass is 9.86. The van der Waals surface area contributed by atoms with Crippen LogP contribution in [0.5, 0.6) is 0 Å². The third-order valence-electron chi connectivity index (χ3n) is 15.8. The van der Waals surface area contributed by atoms with Crippen molar-refractivity contribution in [2.24, 2.45) is 0 Å². The first-order valence-corrected chi connectivity index (χ1v) is 27.9. The summed E-state index contributed by atoms with van der Waals surface area (Å²) in [7, 11) is 0. The second-order valence-electron chi connectivity index (χ2n) is 20.3. The zero-order chi connectivity index (χ0) is 52.7. The number of hydrogen-bond acceptors (Lipinski definition) is 0. The normalized spacial score (nSPS) is 11.6. The summed E-state index contributed by atoms with van der Waals surface area (Å²) in [6, 6.07) is 109.